The Balaban J connectivity index is 2.36. The number of fused-ring (bicyclic) bond motifs is 2. The van der Waals surface area contributed by atoms with Crippen LogP contribution < -0.4 is 5.32 Å². The van der Waals surface area contributed by atoms with Crippen LogP contribution >= 0.6 is 0 Å². The number of pyridine rings is 1. The average Bonchev–Trinajstić information content (AvgIpc) is 2.78. The first kappa shape index (κ1) is 10.7. The highest BCUT2D eigenvalue weighted by atomic mass is 19.1. The van der Waals surface area contributed by atoms with Gasteiger partial charge in [-0.25, -0.2) is 9.37 Å². The molecule has 0 spiro atoms. The minimum Gasteiger partial charge on any atom is -0.316 e. The summed E-state index contributed by atoms with van der Waals surface area (Å²) in [7, 11) is 1.92. The lowest BCUT2D eigenvalue weighted by molar-refractivity contribution is 0.636. The highest BCUT2D eigenvalue weighted by molar-refractivity contribution is 5.84. The van der Waals surface area contributed by atoms with Crippen LogP contribution in [0.2, 0.25) is 0 Å². The van der Waals surface area contributed by atoms with Crippen LogP contribution in [0.3, 0.4) is 0 Å². The number of halogens is 1. The average molecular weight is 230 g/mol. The van der Waals surface area contributed by atoms with E-state index in [2.05, 4.69) is 10.3 Å². The van der Waals surface area contributed by atoms with Crippen molar-refractivity contribution in [2.24, 2.45) is 0 Å². The molecule has 0 bridgehead atoms. The van der Waals surface area contributed by atoms with E-state index in [1.165, 1.54) is 17.2 Å². The number of nitrogens with zero attached hydrogens (tertiary/aromatic N) is 1. The van der Waals surface area contributed by atoms with Gasteiger partial charge in [0.1, 0.15) is 11.3 Å². The van der Waals surface area contributed by atoms with Gasteiger partial charge in [-0.3, -0.25) is 0 Å². The Kier molecular flexibility index (Phi) is 2.56. The number of hydrogen-bond donors (Lipinski definition) is 1. The molecule has 88 valence electrons. The normalized spacial score (nSPS) is 14.2. The number of aromatic nitrogens is 1. The first-order chi connectivity index (χ1) is 8.31. The van der Waals surface area contributed by atoms with E-state index >= 15 is 0 Å². The summed E-state index contributed by atoms with van der Waals surface area (Å²) in [6.45, 7) is 0.783. The lowest BCUT2D eigenvalue weighted by atomic mass is 10.0. The zero-order valence-electron chi connectivity index (χ0n) is 9.89. The van der Waals surface area contributed by atoms with Crippen molar-refractivity contribution < 1.29 is 4.39 Å². The molecular formula is C14H15FN2. The van der Waals surface area contributed by atoms with Gasteiger partial charge in [-0.15, -0.1) is 0 Å². The molecule has 1 aliphatic carbocycles. The highest BCUT2D eigenvalue weighted by Crippen LogP contribution is 2.30. The molecule has 0 amide bonds. The summed E-state index contributed by atoms with van der Waals surface area (Å²) in [5.41, 5.74) is 4.17. The van der Waals surface area contributed by atoms with Crippen molar-refractivity contribution in [3.63, 3.8) is 0 Å². The van der Waals surface area contributed by atoms with Crippen molar-refractivity contribution >= 4 is 10.9 Å². The van der Waals surface area contributed by atoms with Crippen LogP contribution in [-0.4, -0.2) is 12.0 Å². The van der Waals surface area contributed by atoms with Crippen LogP contribution in [0.25, 0.3) is 10.9 Å². The molecule has 3 rings (SSSR count). The van der Waals surface area contributed by atoms with Gasteiger partial charge in [0.05, 0.1) is 0 Å². The molecule has 0 unspecified atom stereocenters. The van der Waals surface area contributed by atoms with Gasteiger partial charge in [0.25, 0.3) is 0 Å². The SMILES string of the molecule is CNCc1c2c(nc3c(F)cccc13)CCC2. The maximum absolute atomic E-state index is 13.8. The summed E-state index contributed by atoms with van der Waals surface area (Å²) in [5.74, 6) is -0.213. The third kappa shape index (κ3) is 1.62. The summed E-state index contributed by atoms with van der Waals surface area (Å²) in [5, 5.41) is 4.13. The summed E-state index contributed by atoms with van der Waals surface area (Å²) >= 11 is 0. The number of rotatable bonds is 2. The Hall–Kier alpha value is -1.48. The molecule has 1 aromatic heterocycles. The van der Waals surface area contributed by atoms with Crippen LogP contribution in [0.4, 0.5) is 4.39 Å². The maximum atomic E-state index is 13.8. The van der Waals surface area contributed by atoms with Crippen LogP contribution in [0, 0.1) is 5.82 Å². The smallest absolute Gasteiger partial charge is 0.149 e. The van der Waals surface area contributed by atoms with Gasteiger partial charge >= 0.3 is 0 Å². The molecule has 2 aromatic rings. The Morgan fingerprint density at radius 2 is 2.24 bits per heavy atom. The van der Waals surface area contributed by atoms with E-state index in [-0.39, 0.29) is 5.82 Å². The molecule has 0 aliphatic heterocycles. The first-order valence-corrected chi connectivity index (χ1v) is 6.04. The molecule has 0 saturated carbocycles. The summed E-state index contributed by atoms with van der Waals surface area (Å²) < 4.78 is 13.8. The van der Waals surface area contributed by atoms with Crippen molar-refractivity contribution in [2.75, 3.05) is 7.05 Å². The molecular weight excluding hydrogens is 215 g/mol. The van der Waals surface area contributed by atoms with Gasteiger partial charge in [0, 0.05) is 17.6 Å². The van der Waals surface area contributed by atoms with Crippen molar-refractivity contribution in [3.05, 3.63) is 40.8 Å². The van der Waals surface area contributed by atoms with Crippen LogP contribution in [0.5, 0.6) is 0 Å². The van der Waals surface area contributed by atoms with E-state index < -0.39 is 0 Å². The van der Waals surface area contributed by atoms with Crippen molar-refractivity contribution in [2.45, 2.75) is 25.8 Å². The predicted molar refractivity (Wildman–Crippen MR) is 66.5 cm³/mol. The van der Waals surface area contributed by atoms with E-state index in [4.69, 9.17) is 0 Å². The number of para-hydroxylation sites is 1. The maximum Gasteiger partial charge on any atom is 0.149 e. The number of aryl methyl sites for hydroxylation is 1. The van der Waals surface area contributed by atoms with Gasteiger partial charge in [-0.05, 0) is 43.5 Å². The molecule has 1 N–H and O–H groups in total. The minimum atomic E-state index is -0.213. The molecule has 1 heterocycles. The highest BCUT2D eigenvalue weighted by Gasteiger charge is 2.20. The predicted octanol–water partition coefficient (Wildman–Crippen LogP) is 2.58. The lowest BCUT2D eigenvalue weighted by Gasteiger charge is -2.12. The second-order valence-corrected chi connectivity index (χ2v) is 4.54. The Bertz CT molecular complexity index is 578. The second-order valence-electron chi connectivity index (χ2n) is 4.54. The molecule has 0 atom stereocenters. The third-order valence-corrected chi connectivity index (χ3v) is 3.47. The molecule has 2 nitrogen and oxygen atoms in total. The standard InChI is InChI=1S/C14H15FN2/c1-16-8-11-9-4-3-7-13(9)17-14-10(11)5-2-6-12(14)15/h2,5-6,16H,3-4,7-8H2,1H3. The van der Waals surface area contributed by atoms with Crippen LogP contribution in [-0.2, 0) is 19.4 Å². The van der Waals surface area contributed by atoms with Gasteiger partial charge in [-0.2, -0.15) is 0 Å². The van der Waals surface area contributed by atoms with Gasteiger partial charge < -0.3 is 5.32 Å². The molecule has 1 aliphatic rings. The molecule has 0 radical (unpaired) electrons. The van der Waals surface area contributed by atoms with Crippen LogP contribution in [0.15, 0.2) is 18.2 Å². The van der Waals surface area contributed by atoms with Gasteiger partial charge in [0.2, 0.25) is 0 Å². The topological polar surface area (TPSA) is 24.9 Å². The summed E-state index contributed by atoms with van der Waals surface area (Å²) in [6, 6.07) is 5.22. The number of hydrogen-bond acceptors (Lipinski definition) is 2. The zero-order valence-corrected chi connectivity index (χ0v) is 9.89. The summed E-state index contributed by atoms with van der Waals surface area (Å²) in [4.78, 5) is 4.50. The lowest BCUT2D eigenvalue weighted by Crippen LogP contribution is -2.09. The third-order valence-electron chi connectivity index (χ3n) is 3.47. The van der Waals surface area contributed by atoms with E-state index in [0.717, 1.165) is 36.9 Å². The molecule has 0 saturated heterocycles. The van der Waals surface area contributed by atoms with E-state index in [9.17, 15) is 4.39 Å². The van der Waals surface area contributed by atoms with Crippen molar-refractivity contribution in [1.82, 2.24) is 10.3 Å². The fourth-order valence-corrected chi connectivity index (χ4v) is 2.72. The minimum absolute atomic E-state index is 0.213. The Labute approximate surface area is 99.9 Å². The summed E-state index contributed by atoms with van der Waals surface area (Å²) in [6.07, 6.45) is 3.19. The van der Waals surface area contributed by atoms with Gasteiger partial charge in [0.15, 0.2) is 0 Å². The van der Waals surface area contributed by atoms with Gasteiger partial charge in [-0.1, -0.05) is 12.1 Å². The van der Waals surface area contributed by atoms with Crippen molar-refractivity contribution in [3.8, 4) is 0 Å². The Morgan fingerprint density at radius 3 is 3.06 bits per heavy atom. The second kappa shape index (κ2) is 4.08. The van der Waals surface area contributed by atoms with E-state index in [1.807, 2.05) is 13.1 Å². The van der Waals surface area contributed by atoms with E-state index in [1.54, 1.807) is 6.07 Å². The monoisotopic (exact) mass is 230 g/mol. The zero-order chi connectivity index (χ0) is 11.8. The Morgan fingerprint density at radius 1 is 1.35 bits per heavy atom. The fourth-order valence-electron chi connectivity index (χ4n) is 2.72. The first-order valence-electron chi connectivity index (χ1n) is 6.04. The molecule has 0 fully saturated rings. The number of nitrogens with one attached hydrogen (secondary N) is 1. The largest absolute Gasteiger partial charge is 0.316 e. The van der Waals surface area contributed by atoms with Crippen molar-refractivity contribution in [1.29, 1.82) is 0 Å². The molecule has 3 heteroatoms. The fraction of sp³-hybridized carbons (Fsp3) is 0.357. The molecule has 17 heavy (non-hydrogen) atoms. The van der Waals surface area contributed by atoms with E-state index in [0.29, 0.717) is 5.52 Å². The molecule has 1 aromatic carbocycles. The quantitative estimate of drug-likeness (QED) is 0.857. The number of benzene rings is 1. The van der Waals surface area contributed by atoms with Crippen LogP contribution in [0.1, 0.15) is 23.2 Å².